The summed E-state index contributed by atoms with van der Waals surface area (Å²) in [4.78, 5) is 0. The van der Waals surface area contributed by atoms with Gasteiger partial charge in [-0.25, -0.2) is 4.39 Å². The van der Waals surface area contributed by atoms with E-state index in [1.807, 2.05) is 13.0 Å². The molecule has 15 heavy (non-hydrogen) atoms. The fraction of sp³-hybridized carbons (Fsp3) is 0.462. The van der Waals surface area contributed by atoms with Gasteiger partial charge in [0.25, 0.3) is 0 Å². The lowest BCUT2D eigenvalue weighted by atomic mass is 9.87. The molecule has 1 fully saturated rings. The molecule has 1 saturated carbocycles. The second kappa shape index (κ2) is 3.06. The van der Waals surface area contributed by atoms with E-state index in [1.165, 1.54) is 0 Å². The minimum absolute atomic E-state index is 0.155. The van der Waals surface area contributed by atoms with Crippen molar-refractivity contribution in [2.75, 3.05) is 0 Å². The van der Waals surface area contributed by atoms with Crippen molar-refractivity contribution in [1.29, 1.82) is 5.26 Å². The Bertz CT molecular complexity index is 464. The average Bonchev–Trinajstić information content (AvgIpc) is 2.96. The summed E-state index contributed by atoms with van der Waals surface area (Å²) < 4.78 is 13.8. The third kappa shape index (κ3) is 1.34. The Morgan fingerprint density at radius 3 is 2.33 bits per heavy atom. The van der Waals surface area contributed by atoms with Crippen LogP contribution < -0.4 is 0 Å². The number of rotatable bonds is 1. The van der Waals surface area contributed by atoms with Crippen molar-refractivity contribution in [2.24, 2.45) is 0 Å². The molecule has 1 nitrogen and oxygen atoms in total. The van der Waals surface area contributed by atoms with Gasteiger partial charge in [0.05, 0.1) is 11.5 Å². The van der Waals surface area contributed by atoms with E-state index in [1.54, 1.807) is 13.8 Å². The molecule has 0 atom stereocenters. The van der Waals surface area contributed by atoms with E-state index >= 15 is 0 Å². The molecule has 0 amide bonds. The first-order valence-corrected chi connectivity index (χ1v) is 5.20. The molecule has 0 spiro atoms. The van der Waals surface area contributed by atoms with Crippen molar-refractivity contribution < 1.29 is 4.39 Å². The summed E-state index contributed by atoms with van der Waals surface area (Å²) in [5.41, 5.74) is 2.91. The van der Waals surface area contributed by atoms with Crippen LogP contribution in [-0.4, -0.2) is 0 Å². The van der Waals surface area contributed by atoms with E-state index in [4.69, 9.17) is 5.26 Å². The molecule has 0 heterocycles. The van der Waals surface area contributed by atoms with Crippen LogP contribution in [-0.2, 0) is 5.41 Å². The second-order valence-electron chi connectivity index (χ2n) is 4.52. The highest BCUT2D eigenvalue weighted by Crippen LogP contribution is 2.50. The van der Waals surface area contributed by atoms with Gasteiger partial charge in [0.15, 0.2) is 0 Å². The zero-order valence-electron chi connectivity index (χ0n) is 9.32. The minimum atomic E-state index is -0.386. The number of nitriles is 1. The quantitative estimate of drug-likeness (QED) is 0.687. The fourth-order valence-corrected chi connectivity index (χ4v) is 2.44. The van der Waals surface area contributed by atoms with E-state index in [0.717, 1.165) is 24.0 Å². The number of halogens is 1. The van der Waals surface area contributed by atoms with Crippen molar-refractivity contribution in [2.45, 2.75) is 39.0 Å². The smallest absolute Gasteiger partial charge is 0.129 e. The van der Waals surface area contributed by atoms with Crippen LogP contribution in [0.15, 0.2) is 6.07 Å². The molecule has 78 valence electrons. The van der Waals surface area contributed by atoms with Gasteiger partial charge >= 0.3 is 0 Å². The van der Waals surface area contributed by atoms with Crippen molar-refractivity contribution in [1.82, 2.24) is 0 Å². The maximum absolute atomic E-state index is 13.8. The molecule has 0 aliphatic heterocycles. The summed E-state index contributed by atoms with van der Waals surface area (Å²) in [5, 5.41) is 9.15. The normalized spacial score (nSPS) is 17.3. The van der Waals surface area contributed by atoms with Crippen LogP contribution in [0.1, 0.15) is 35.1 Å². The molecule has 1 aliphatic carbocycles. The van der Waals surface area contributed by atoms with Gasteiger partial charge in [-0.3, -0.25) is 0 Å². The van der Waals surface area contributed by atoms with Crippen molar-refractivity contribution in [3.05, 3.63) is 34.1 Å². The Balaban J connectivity index is 2.68. The Kier molecular flexibility index (Phi) is 2.08. The van der Waals surface area contributed by atoms with Gasteiger partial charge < -0.3 is 0 Å². The maximum atomic E-state index is 13.8. The number of benzene rings is 1. The standard InChI is InChI=1S/C13H14FN/c1-8-6-9(2)12(14)10(3)11(8)13(7-15)4-5-13/h6H,4-5H2,1-3H3. The van der Waals surface area contributed by atoms with E-state index < -0.39 is 0 Å². The molecule has 2 heteroatoms. The highest BCUT2D eigenvalue weighted by molar-refractivity contribution is 5.50. The number of nitrogens with zero attached hydrogens (tertiary/aromatic N) is 1. The minimum Gasteiger partial charge on any atom is -0.206 e. The fourth-order valence-electron chi connectivity index (χ4n) is 2.44. The monoisotopic (exact) mass is 203 g/mol. The lowest BCUT2D eigenvalue weighted by Gasteiger charge is -2.16. The van der Waals surface area contributed by atoms with Gasteiger partial charge in [-0.1, -0.05) is 6.07 Å². The van der Waals surface area contributed by atoms with E-state index in [-0.39, 0.29) is 11.2 Å². The van der Waals surface area contributed by atoms with Gasteiger partial charge in [-0.2, -0.15) is 5.26 Å². The molecular formula is C13H14FN. The van der Waals surface area contributed by atoms with E-state index in [0.29, 0.717) is 11.1 Å². The van der Waals surface area contributed by atoms with Gasteiger partial charge in [0, 0.05) is 0 Å². The molecule has 0 N–H and O–H groups in total. The summed E-state index contributed by atoms with van der Waals surface area (Å²) in [5.74, 6) is -0.155. The van der Waals surface area contributed by atoms with Crippen LogP contribution in [0.3, 0.4) is 0 Å². The van der Waals surface area contributed by atoms with Crippen molar-refractivity contribution in [3.8, 4) is 6.07 Å². The molecule has 0 aromatic heterocycles. The zero-order valence-corrected chi connectivity index (χ0v) is 9.32. The summed E-state index contributed by atoms with van der Waals surface area (Å²) >= 11 is 0. The molecule has 0 saturated heterocycles. The highest BCUT2D eigenvalue weighted by atomic mass is 19.1. The highest BCUT2D eigenvalue weighted by Gasteiger charge is 2.47. The summed E-state index contributed by atoms with van der Waals surface area (Å²) in [6, 6.07) is 4.17. The van der Waals surface area contributed by atoms with Crippen LogP contribution in [0.4, 0.5) is 4.39 Å². The van der Waals surface area contributed by atoms with Crippen LogP contribution >= 0.6 is 0 Å². The van der Waals surface area contributed by atoms with E-state index in [2.05, 4.69) is 6.07 Å². The summed E-state index contributed by atoms with van der Waals surface area (Å²) in [7, 11) is 0. The molecular weight excluding hydrogens is 189 g/mol. The molecule has 1 aromatic rings. The van der Waals surface area contributed by atoms with Crippen molar-refractivity contribution in [3.63, 3.8) is 0 Å². The van der Waals surface area contributed by atoms with Crippen LogP contribution in [0, 0.1) is 37.9 Å². The first-order chi connectivity index (χ1) is 7.02. The summed E-state index contributed by atoms with van der Waals surface area (Å²) in [6.45, 7) is 5.51. The molecule has 0 radical (unpaired) electrons. The third-order valence-corrected chi connectivity index (χ3v) is 3.32. The van der Waals surface area contributed by atoms with Crippen LogP contribution in [0.25, 0.3) is 0 Å². The topological polar surface area (TPSA) is 23.8 Å². The predicted molar refractivity (Wildman–Crippen MR) is 57.1 cm³/mol. The largest absolute Gasteiger partial charge is 0.206 e. The first kappa shape index (κ1) is 10.2. The van der Waals surface area contributed by atoms with Crippen LogP contribution in [0.5, 0.6) is 0 Å². The van der Waals surface area contributed by atoms with Gasteiger partial charge in [0.2, 0.25) is 0 Å². The van der Waals surface area contributed by atoms with E-state index in [9.17, 15) is 4.39 Å². The third-order valence-electron chi connectivity index (χ3n) is 3.32. The SMILES string of the molecule is Cc1cc(C)c(C2(C#N)CC2)c(C)c1F. The lowest BCUT2D eigenvalue weighted by molar-refractivity contribution is 0.602. The number of aryl methyl sites for hydroxylation is 2. The first-order valence-electron chi connectivity index (χ1n) is 5.20. The molecule has 0 bridgehead atoms. The molecule has 1 aliphatic rings. The summed E-state index contributed by atoms with van der Waals surface area (Å²) in [6.07, 6.45) is 1.74. The number of hydrogen-bond donors (Lipinski definition) is 0. The second-order valence-corrected chi connectivity index (χ2v) is 4.52. The lowest BCUT2D eigenvalue weighted by Crippen LogP contribution is -2.10. The molecule has 2 rings (SSSR count). The maximum Gasteiger partial charge on any atom is 0.129 e. The number of hydrogen-bond acceptors (Lipinski definition) is 1. The zero-order chi connectivity index (χ0) is 11.2. The Labute approximate surface area is 89.5 Å². The van der Waals surface area contributed by atoms with Crippen LogP contribution in [0.2, 0.25) is 0 Å². The van der Waals surface area contributed by atoms with Gasteiger partial charge in [-0.05, 0) is 55.9 Å². The Morgan fingerprint density at radius 1 is 1.27 bits per heavy atom. The molecule has 1 aromatic carbocycles. The van der Waals surface area contributed by atoms with Gasteiger partial charge in [0.1, 0.15) is 5.82 Å². The average molecular weight is 203 g/mol. The van der Waals surface area contributed by atoms with Crippen molar-refractivity contribution >= 4 is 0 Å². The van der Waals surface area contributed by atoms with Gasteiger partial charge in [-0.15, -0.1) is 0 Å². The molecule has 0 unspecified atom stereocenters. The predicted octanol–water partition coefficient (Wildman–Crippen LogP) is 3.31. The Morgan fingerprint density at radius 2 is 1.87 bits per heavy atom. The Hall–Kier alpha value is -1.36.